The van der Waals surface area contributed by atoms with E-state index in [0.29, 0.717) is 5.92 Å². The van der Waals surface area contributed by atoms with Crippen molar-refractivity contribution < 1.29 is 4.39 Å². The second kappa shape index (κ2) is 4.17. The summed E-state index contributed by atoms with van der Waals surface area (Å²) in [6.07, 6.45) is 4.33. The lowest BCUT2D eigenvalue weighted by Gasteiger charge is -2.37. The lowest BCUT2D eigenvalue weighted by atomic mass is 9.73. The van der Waals surface area contributed by atoms with Crippen LogP contribution in [0.25, 0.3) is 0 Å². The van der Waals surface area contributed by atoms with Crippen LogP contribution in [0.3, 0.4) is 0 Å². The van der Waals surface area contributed by atoms with Crippen molar-refractivity contribution in [3.8, 4) is 0 Å². The van der Waals surface area contributed by atoms with Crippen molar-refractivity contribution in [2.45, 2.75) is 45.1 Å². The second-order valence-electron chi connectivity index (χ2n) is 5.37. The van der Waals surface area contributed by atoms with E-state index in [1.165, 1.54) is 6.42 Å². The van der Waals surface area contributed by atoms with Crippen LogP contribution in [0.4, 0.5) is 4.39 Å². The molecule has 1 aromatic rings. The number of nitrogens with two attached hydrogens (primary N) is 1. The molecule has 0 saturated heterocycles. The van der Waals surface area contributed by atoms with Gasteiger partial charge in [-0.1, -0.05) is 25.8 Å². The summed E-state index contributed by atoms with van der Waals surface area (Å²) in [5.41, 5.74) is 8.05. The van der Waals surface area contributed by atoms with Gasteiger partial charge in [0.25, 0.3) is 0 Å². The zero-order valence-electron chi connectivity index (χ0n) is 10.1. The first kappa shape index (κ1) is 11.6. The van der Waals surface area contributed by atoms with Gasteiger partial charge in [-0.2, -0.15) is 0 Å². The summed E-state index contributed by atoms with van der Waals surface area (Å²) in [5.74, 6) is 0.473. The van der Waals surface area contributed by atoms with E-state index in [-0.39, 0.29) is 11.4 Å². The van der Waals surface area contributed by atoms with Crippen molar-refractivity contribution in [2.24, 2.45) is 11.7 Å². The summed E-state index contributed by atoms with van der Waals surface area (Å²) in [7, 11) is 0. The summed E-state index contributed by atoms with van der Waals surface area (Å²) < 4.78 is 13.4. The molecule has 1 saturated carbocycles. The highest BCUT2D eigenvalue weighted by Gasteiger charge is 2.32. The topological polar surface area (TPSA) is 26.0 Å². The van der Waals surface area contributed by atoms with Crippen LogP contribution < -0.4 is 5.73 Å². The molecular formula is C14H20FN. The Morgan fingerprint density at radius 3 is 2.75 bits per heavy atom. The van der Waals surface area contributed by atoms with Gasteiger partial charge in [0, 0.05) is 5.54 Å². The van der Waals surface area contributed by atoms with E-state index in [1.807, 2.05) is 13.0 Å². The highest BCUT2D eigenvalue weighted by Crippen LogP contribution is 2.38. The Morgan fingerprint density at radius 1 is 1.38 bits per heavy atom. The Labute approximate surface area is 96.9 Å². The summed E-state index contributed by atoms with van der Waals surface area (Å²) in [6, 6.07) is 5.19. The van der Waals surface area contributed by atoms with Crippen LogP contribution in [0.5, 0.6) is 0 Å². The molecule has 2 heteroatoms. The first-order valence-electron chi connectivity index (χ1n) is 6.06. The van der Waals surface area contributed by atoms with Crippen molar-refractivity contribution in [1.82, 2.24) is 0 Å². The van der Waals surface area contributed by atoms with Gasteiger partial charge in [-0.3, -0.25) is 0 Å². The SMILES string of the molecule is Cc1cc(F)cc(C2(N)CCCC(C)C2)c1. The third-order valence-corrected chi connectivity index (χ3v) is 3.65. The molecule has 0 bridgehead atoms. The van der Waals surface area contributed by atoms with Crippen molar-refractivity contribution >= 4 is 0 Å². The molecule has 0 heterocycles. The van der Waals surface area contributed by atoms with E-state index in [9.17, 15) is 4.39 Å². The van der Waals surface area contributed by atoms with E-state index >= 15 is 0 Å². The predicted octanol–water partition coefficient (Wildman–Crippen LogP) is 3.50. The second-order valence-corrected chi connectivity index (χ2v) is 5.37. The minimum atomic E-state index is -0.315. The van der Waals surface area contributed by atoms with Crippen LogP contribution in [0.1, 0.15) is 43.7 Å². The lowest BCUT2D eigenvalue weighted by molar-refractivity contribution is 0.238. The van der Waals surface area contributed by atoms with Crippen LogP contribution in [0, 0.1) is 18.7 Å². The molecule has 2 unspecified atom stereocenters. The molecule has 0 radical (unpaired) electrons. The fraction of sp³-hybridized carbons (Fsp3) is 0.571. The standard InChI is InChI=1S/C14H20FN/c1-10-4-3-5-14(16,9-10)12-6-11(2)7-13(15)8-12/h6-8,10H,3-5,9,16H2,1-2H3. The fourth-order valence-corrected chi connectivity index (χ4v) is 2.88. The molecule has 1 fully saturated rings. The predicted molar refractivity (Wildman–Crippen MR) is 64.6 cm³/mol. The molecule has 0 aromatic heterocycles. The summed E-state index contributed by atoms with van der Waals surface area (Å²) in [6.45, 7) is 4.15. The van der Waals surface area contributed by atoms with E-state index < -0.39 is 0 Å². The van der Waals surface area contributed by atoms with Gasteiger partial charge in [0.05, 0.1) is 0 Å². The van der Waals surface area contributed by atoms with E-state index in [4.69, 9.17) is 5.73 Å². The maximum absolute atomic E-state index is 13.4. The maximum atomic E-state index is 13.4. The van der Waals surface area contributed by atoms with Crippen molar-refractivity contribution in [3.63, 3.8) is 0 Å². The van der Waals surface area contributed by atoms with Gasteiger partial charge < -0.3 is 5.73 Å². The highest BCUT2D eigenvalue weighted by molar-refractivity contribution is 5.30. The molecule has 1 aromatic carbocycles. The first-order chi connectivity index (χ1) is 7.49. The molecular weight excluding hydrogens is 201 g/mol. The van der Waals surface area contributed by atoms with Crippen molar-refractivity contribution in [3.05, 3.63) is 35.1 Å². The monoisotopic (exact) mass is 221 g/mol. The molecule has 2 N–H and O–H groups in total. The molecule has 2 atom stereocenters. The average Bonchev–Trinajstić information content (AvgIpc) is 2.15. The van der Waals surface area contributed by atoms with Crippen LogP contribution in [0.15, 0.2) is 18.2 Å². The van der Waals surface area contributed by atoms with Gasteiger partial charge in [0.15, 0.2) is 0 Å². The molecule has 0 spiro atoms. The van der Waals surface area contributed by atoms with Crippen LogP contribution >= 0.6 is 0 Å². The zero-order valence-corrected chi connectivity index (χ0v) is 10.1. The van der Waals surface area contributed by atoms with E-state index in [1.54, 1.807) is 12.1 Å². The minimum absolute atomic E-state index is 0.168. The molecule has 16 heavy (non-hydrogen) atoms. The maximum Gasteiger partial charge on any atom is 0.123 e. The normalized spacial score (nSPS) is 30.4. The van der Waals surface area contributed by atoms with Crippen LogP contribution in [-0.2, 0) is 5.54 Å². The van der Waals surface area contributed by atoms with E-state index in [0.717, 1.165) is 30.4 Å². The highest BCUT2D eigenvalue weighted by atomic mass is 19.1. The Balaban J connectivity index is 2.34. The number of hydrogen-bond acceptors (Lipinski definition) is 1. The average molecular weight is 221 g/mol. The number of rotatable bonds is 1. The molecule has 1 aliphatic carbocycles. The largest absolute Gasteiger partial charge is 0.321 e. The molecule has 1 nitrogen and oxygen atoms in total. The molecule has 2 rings (SSSR count). The minimum Gasteiger partial charge on any atom is -0.321 e. The summed E-state index contributed by atoms with van der Waals surface area (Å²) >= 11 is 0. The fourth-order valence-electron chi connectivity index (χ4n) is 2.88. The first-order valence-corrected chi connectivity index (χ1v) is 6.06. The summed E-state index contributed by atoms with van der Waals surface area (Å²) in [5, 5.41) is 0. The van der Waals surface area contributed by atoms with Gasteiger partial charge in [0.2, 0.25) is 0 Å². The Hall–Kier alpha value is -0.890. The van der Waals surface area contributed by atoms with Gasteiger partial charge in [0.1, 0.15) is 5.82 Å². The van der Waals surface area contributed by atoms with Crippen LogP contribution in [-0.4, -0.2) is 0 Å². The molecule has 88 valence electrons. The van der Waals surface area contributed by atoms with Gasteiger partial charge >= 0.3 is 0 Å². The third-order valence-electron chi connectivity index (χ3n) is 3.65. The Morgan fingerprint density at radius 2 is 2.12 bits per heavy atom. The van der Waals surface area contributed by atoms with Crippen LogP contribution in [0.2, 0.25) is 0 Å². The number of aryl methyl sites for hydroxylation is 1. The van der Waals surface area contributed by atoms with Gasteiger partial charge in [-0.15, -0.1) is 0 Å². The van der Waals surface area contributed by atoms with Crippen molar-refractivity contribution in [2.75, 3.05) is 0 Å². The zero-order chi connectivity index (χ0) is 11.8. The van der Waals surface area contributed by atoms with Gasteiger partial charge in [-0.05, 0) is 48.9 Å². The van der Waals surface area contributed by atoms with E-state index in [2.05, 4.69) is 6.92 Å². The van der Waals surface area contributed by atoms with Crippen molar-refractivity contribution in [1.29, 1.82) is 0 Å². The molecule has 0 amide bonds. The number of benzene rings is 1. The summed E-state index contributed by atoms with van der Waals surface area (Å²) in [4.78, 5) is 0. The Kier molecular flexibility index (Phi) is 3.02. The lowest BCUT2D eigenvalue weighted by Crippen LogP contribution is -2.41. The van der Waals surface area contributed by atoms with Gasteiger partial charge in [-0.25, -0.2) is 4.39 Å². The number of hydrogen-bond donors (Lipinski definition) is 1. The quantitative estimate of drug-likeness (QED) is 0.771. The Bertz CT molecular complexity index is 368. The third kappa shape index (κ3) is 2.27. The molecule has 0 aliphatic heterocycles. The smallest absolute Gasteiger partial charge is 0.123 e. The molecule has 1 aliphatic rings. The number of halogens is 1.